The molecule has 0 saturated heterocycles. The average Bonchev–Trinajstić information content (AvgIpc) is 3.17. The van der Waals surface area contributed by atoms with Gasteiger partial charge in [-0.1, -0.05) is 78.9 Å². The molecule has 1 aliphatic rings. The van der Waals surface area contributed by atoms with E-state index in [1.165, 1.54) is 5.94 Å². The molecule has 3 N–H and O–H groups in total. The number of aliphatic hydroxyl groups is 1. The molecule has 0 aromatic heterocycles. The van der Waals surface area contributed by atoms with Crippen LogP contribution in [0.25, 0.3) is 11.1 Å². The third-order valence-corrected chi connectivity index (χ3v) is 5.82. The maximum absolute atomic E-state index is 12.6. The number of aliphatic hydroxyl groups excluding tert-OH is 1. The van der Waals surface area contributed by atoms with Crippen LogP contribution < -0.4 is 5.84 Å². The molecule has 3 aromatic rings. The van der Waals surface area contributed by atoms with E-state index in [0.29, 0.717) is 0 Å². The van der Waals surface area contributed by atoms with Crippen LogP contribution in [0.2, 0.25) is 0 Å². The summed E-state index contributed by atoms with van der Waals surface area (Å²) >= 11 is 0. The number of carbonyl (C=O) groups is 1. The number of nitrogens with two attached hydrogens (primary N) is 1. The summed E-state index contributed by atoms with van der Waals surface area (Å²) in [5, 5.41) is 11.1. The predicted octanol–water partition coefficient (Wildman–Crippen LogP) is 3.40. The van der Waals surface area contributed by atoms with Gasteiger partial charge in [0.25, 0.3) is 0 Å². The van der Waals surface area contributed by atoms with Crippen molar-refractivity contribution in [1.82, 2.24) is 5.01 Å². The van der Waals surface area contributed by atoms with Crippen molar-refractivity contribution < 1.29 is 24.5 Å². The van der Waals surface area contributed by atoms with Gasteiger partial charge in [-0.15, -0.1) is 0 Å². The zero-order valence-corrected chi connectivity index (χ0v) is 17.8. The minimum atomic E-state index is -1.33. The van der Waals surface area contributed by atoms with Crippen LogP contribution in [-0.2, 0) is 21.0 Å². The third-order valence-electron chi connectivity index (χ3n) is 5.82. The van der Waals surface area contributed by atoms with Gasteiger partial charge in [0, 0.05) is 12.0 Å². The molecule has 1 aliphatic carbocycles. The maximum Gasteiger partial charge on any atom is 0.455 e. The molecule has 7 heteroatoms. The van der Waals surface area contributed by atoms with Crippen LogP contribution in [0.4, 0.5) is 4.79 Å². The molecule has 0 heterocycles. The maximum atomic E-state index is 12.6. The van der Waals surface area contributed by atoms with Gasteiger partial charge in [-0.25, -0.2) is 20.4 Å². The largest absolute Gasteiger partial charge is 0.455 e. The molecule has 168 valence electrons. The summed E-state index contributed by atoms with van der Waals surface area (Å²) < 4.78 is 0. The molecule has 0 bridgehead atoms. The Hall–Kier alpha value is -3.74. The summed E-state index contributed by atoms with van der Waals surface area (Å²) in [6.45, 7) is 0.105. The fourth-order valence-electron chi connectivity index (χ4n) is 4.19. The first-order valence-corrected chi connectivity index (χ1v) is 10.6. The molecule has 2 unspecified atom stereocenters. The van der Waals surface area contributed by atoms with Gasteiger partial charge in [0.2, 0.25) is 0 Å². The summed E-state index contributed by atoms with van der Waals surface area (Å²) in [4.78, 5) is 33.6. The Labute approximate surface area is 191 Å². The van der Waals surface area contributed by atoms with E-state index in [0.717, 1.165) is 38.9 Å². The lowest BCUT2D eigenvalue weighted by Crippen LogP contribution is -2.52. The molecular weight excluding hydrogens is 420 g/mol. The van der Waals surface area contributed by atoms with Crippen LogP contribution in [0.5, 0.6) is 0 Å². The highest BCUT2D eigenvalue weighted by atomic mass is 17.2. The molecule has 33 heavy (non-hydrogen) atoms. The highest BCUT2D eigenvalue weighted by Crippen LogP contribution is 2.44. The monoisotopic (exact) mass is 444 g/mol. The van der Waals surface area contributed by atoms with E-state index in [4.69, 9.17) is 15.6 Å². The lowest BCUT2D eigenvalue weighted by Gasteiger charge is -2.28. The van der Waals surface area contributed by atoms with Gasteiger partial charge < -0.3 is 5.11 Å². The molecule has 0 spiro atoms. The highest BCUT2D eigenvalue weighted by Gasteiger charge is 2.31. The molecule has 7 nitrogen and oxygen atoms in total. The summed E-state index contributed by atoms with van der Waals surface area (Å²) in [6, 6.07) is 24.3. The van der Waals surface area contributed by atoms with E-state index in [-0.39, 0.29) is 18.9 Å². The fraction of sp³-hybridized carbons (Fsp3) is 0.192. The Balaban J connectivity index is 1.43. The number of nitrogens with zero attached hydrogens (tertiary/aromatic N) is 1. The molecule has 3 aromatic carbocycles. The summed E-state index contributed by atoms with van der Waals surface area (Å²) in [5.41, 5.74) is 5.25. The van der Waals surface area contributed by atoms with Crippen molar-refractivity contribution in [3.63, 3.8) is 0 Å². The first-order valence-electron chi connectivity index (χ1n) is 10.6. The normalized spacial score (nSPS) is 13.9. The number of hydrogen-bond acceptors (Lipinski definition) is 6. The molecule has 0 aliphatic heterocycles. The predicted molar refractivity (Wildman–Crippen MR) is 122 cm³/mol. The second-order valence-electron chi connectivity index (χ2n) is 7.80. The van der Waals surface area contributed by atoms with Crippen molar-refractivity contribution in [1.29, 1.82) is 0 Å². The van der Waals surface area contributed by atoms with Crippen LogP contribution in [0.3, 0.4) is 0 Å². The number of hydrogen-bond donors (Lipinski definition) is 2. The van der Waals surface area contributed by atoms with Crippen molar-refractivity contribution in [3.05, 3.63) is 102 Å². The molecule has 2 atom stereocenters. The zero-order chi connectivity index (χ0) is 23.2. The average molecular weight is 444 g/mol. The Morgan fingerprint density at radius 1 is 1.00 bits per heavy atom. The standard InChI is InChI=1S/C26H24N2O5/c27-28(24(25(30)14-15-29)16-18-8-2-1-3-9-18)26(31)33-32-17-23-21-12-6-4-10-19(21)20-11-5-7-13-22(20)23/h1-14,23-25,30H,16-17,27H2. The lowest BCUT2D eigenvalue weighted by molar-refractivity contribution is -0.249. The van der Waals surface area contributed by atoms with Crippen LogP contribution in [0, 0.1) is 0 Å². The first kappa shape index (κ1) is 22.5. The van der Waals surface area contributed by atoms with Gasteiger partial charge in [0.15, 0.2) is 0 Å². The lowest BCUT2D eigenvalue weighted by atomic mass is 9.98. The molecule has 0 saturated carbocycles. The SMILES string of the molecule is NN(C(=O)OOCC1c2ccccc2-c2ccccc21)C(Cc1ccccc1)C(O)C=C=O. The van der Waals surface area contributed by atoms with Crippen molar-refractivity contribution in [3.8, 4) is 11.1 Å². The Morgan fingerprint density at radius 2 is 1.58 bits per heavy atom. The fourth-order valence-corrected chi connectivity index (χ4v) is 4.19. The quantitative estimate of drug-likeness (QED) is 0.182. The number of amides is 1. The van der Waals surface area contributed by atoms with Gasteiger partial charge in [-0.05, 0) is 34.2 Å². The smallest absolute Gasteiger partial charge is 0.386 e. The number of rotatable bonds is 8. The molecule has 4 rings (SSSR count). The Morgan fingerprint density at radius 3 is 2.18 bits per heavy atom. The van der Waals surface area contributed by atoms with E-state index in [1.54, 1.807) is 0 Å². The van der Waals surface area contributed by atoms with Crippen LogP contribution in [-0.4, -0.2) is 40.9 Å². The number of carbonyl (C=O) groups excluding carboxylic acids is 2. The summed E-state index contributed by atoms with van der Waals surface area (Å²) in [6.07, 6.45) is -1.19. The third kappa shape index (κ3) is 4.87. The Bertz CT molecular complexity index is 1110. The number of hydrazine groups is 1. The van der Waals surface area contributed by atoms with E-state index in [9.17, 15) is 14.7 Å². The summed E-state index contributed by atoms with van der Waals surface area (Å²) in [5.74, 6) is 7.40. The van der Waals surface area contributed by atoms with Gasteiger partial charge in [0.1, 0.15) is 18.7 Å². The van der Waals surface area contributed by atoms with E-state index in [1.807, 2.05) is 66.7 Å². The zero-order valence-electron chi connectivity index (χ0n) is 17.8. The molecule has 0 radical (unpaired) electrons. The van der Waals surface area contributed by atoms with Crippen LogP contribution in [0.1, 0.15) is 22.6 Å². The van der Waals surface area contributed by atoms with Crippen molar-refractivity contribution >= 4 is 12.0 Å². The minimum absolute atomic E-state index is 0.0971. The van der Waals surface area contributed by atoms with E-state index >= 15 is 0 Å². The summed E-state index contributed by atoms with van der Waals surface area (Å²) in [7, 11) is 0. The molecule has 0 fully saturated rings. The minimum Gasteiger partial charge on any atom is -0.386 e. The number of fused-ring (bicyclic) bond motifs is 3. The van der Waals surface area contributed by atoms with Gasteiger partial charge >= 0.3 is 6.09 Å². The molecular formula is C26H24N2O5. The van der Waals surface area contributed by atoms with E-state index < -0.39 is 18.2 Å². The molecule has 1 amide bonds. The van der Waals surface area contributed by atoms with Gasteiger partial charge in [0.05, 0.1) is 6.04 Å². The second kappa shape index (κ2) is 10.3. The van der Waals surface area contributed by atoms with Gasteiger partial charge in [-0.3, -0.25) is 4.89 Å². The van der Waals surface area contributed by atoms with Crippen LogP contribution >= 0.6 is 0 Å². The van der Waals surface area contributed by atoms with Crippen molar-refractivity contribution in [2.75, 3.05) is 6.61 Å². The first-order chi connectivity index (χ1) is 16.1. The number of benzene rings is 3. The second-order valence-corrected chi connectivity index (χ2v) is 7.80. The van der Waals surface area contributed by atoms with Crippen LogP contribution in [0.15, 0.2) is 84.9 Å². The topological polar surface area (TPSA) is 102 Å². The van der Waals surface area contributed by atoms with E-state index in [2.05, 4.69) is 12.1 Å². The van der Waals surface area contributed by atoms with Crippen molar-refractivity contribution in [2.24, 2.45) is 5.84 Å². The van der Waals surface area contributed by atoms with Crippen molar-refractivity contribution in [2.45, 2.75) is 24.5 Å². The highest BCUT2D eigenvalue weighted by molar-refractivity contribution is 5.78. The van der Waals surface area contributed by atoms with Gasteiger partial charge in [-0.2, -0.15) is 4.89 Å². The Kier molecular flexibility index (Phi) is 6.98.